The van der Waals surface area contributed by atoms with Crippen LogP contribution in [-0.2, 0) is 4.79 Å². The first-order valence-electron chi connectivity index (χ1n) is 6.37. The molecule has 1 aromatic carbocycles. The number of hydrogen-bond acceptors (Lipinski definition) is 3. The molecule has 20 heavy (non-hydrogen) atoms. The lowest BCUT2D eigenvalue weighted by Crippen LogP contribution is -2.56. The van der Waals surface area contributed by atoms with E-state index >= 15 is 0 Å². The fourth-order valence-corrected chi connectivity index (χ4v) is 1.67. The summed E-state index contributed by atoms with van der Waals surface area (Å²) in [6, 6.07) is 3.93. The van der Waals surface area contributed by atoms with Crippen molar-refractivity contribution in [1.82, 2.24) is 5.32 Å². The zero-order valence-electron chi connectivity index (χ0n) is 11.9. The Kier molecular flexibility index (Phi) is 5.77. The number of halogens is 2. The van der Waals surface area contributed by atoms with Gasteiger partial charge < -0.3 is 15.8 Å². The smallest absolute Gasteiger partial charge is 0.258 e. The van der Waals surface area contributed by atoms with E-state index in [1.165, 1.54) is 18.2 Å². The van der Waals surface area contributed by atoms with Crippen LogP contribution in [0.1, 0.15) is 20.8 Å². The highest BCUT2D eigenvalue weighted by Gasteiger charge is 2.28. The summed E-state index contributed by atoms with van der Waals surface area (Å²) < 4.78 is 18.2. The molecule has 3 N–H and O–H groups in total. The third-order valence-corrected chi connectivity index (χ3v) is 3.67. The van der Waals surface area contributed by atoms with Crippen LogP contribution in [0, 0.1) is 11.7 Å². The zero-order chi connectivity index (χ0) is 15.3. The largest absolute Gasteiger partial charge is 0.484 e. The van der Waals surface area contributed by atoms with Gasteiger partial charge in [0.2, 0.25) is 0 Å². The average molecular weight is 303 g/mol. The van der Waals surface area contributed by atoms with Crippen molar-refractivity contribution in [3.05, 3.63) is 29.0 Å². The summed E-state index contributed by atoms with van der Waals surface area (Å²) in [5, 5.41) is 2.80. The van der Waals surface area contributed by atoms with E-state index in [-0.39, 0.29) is 23.5 Å². The molecule has 0 fully saturated rings. The van der Waals surface area contributed by atoms with Crippen molar-refractivity contribution < 1.29 is 13.9 Å². The van der Waals surface area contributed by atoms with Crippen LogP contribution in [0.2, 0.25) is 5.02 Å². The van der Waals surface area contributed by atoms with Gasteiger partial charge in [0.05, 0.1) is 10.6 Å². The predicted octanol–water partition coefficient (Wildman–Crippen LogP) is 2.35. The number of hydrogen-bond donors (Lipinski definition) is 2. The molecule has 4 nitrogen and oxygen atoms in total. The van der Waals surface area contributed by atoms with Crippen molar-refractivity contribution >= 4 is 17.5 Å². The Labute approximate surface area is 123 Å². The van der Waals surface area contributed by atoms with Gasteiger partial charge in [-0.15, -0.1) is 0 Å². The summed E-state index contributed by atoms with van der Waals surface area (Å²) in [6.45, 7) is 5.99. The summed E-state index contributed by atoms with van der Waals surface area (Å²) in [4.78, 5) is 11.8. The molecule has 0 heterocycles. The lowest BCUT2D eigenvalue weighted by molar-refractivity contribution is -0.125. The van der Waals surface area contributed by atoms with Crippen LogP contribution < -0.4 is 15.8 Å². The average Bonchev–Trinajstić information content (AvgIpc) is 2.39. The summed E-state index contributed by atoms with van der Waals surface area (Å²) >= 11 is 5.63. The van der Waals surface area contributed by atoms with Crippen LogP contribution in [0.4, 0.5) is 4.39 Å². The van der Waals surface area contributed by atoms with Crippen molar-refractivity contribution in [3.63, 3.8) is 0 Å². The molecule has 112 valence electrons. The van der Waals surface area contributed by atoms with E-state index in [1.807, 2.05) is 20.8 Å². The fourth-order valence-electron chi connectivity index (χ4n) is 1.50. The van der Waals surface area contributed by atoms with E-state index in [0.717, 1.165) is 0 Å². The Balaban J connectivity index is 2.57. The molecule has 1 amide bonds. The van der Waals surface area contributed by atoms with Gasteiger partial charge in [-0.05, 0) is 25.0 Å². The molecule has 1 unspecified atom stereocenters. The number of carbonyl (C=O) groups excluding carboxylic acids is 1. The van der Waals surface area contributed by atoms with E-state index < -0.39 is 11.4 Å². The number of nitrogens with one attached hydrogen (secondary N) is 1. The Morgan fingerprint density at radius 3 is 2.70 bits per heavy atom. The van der Waals surface area contributed by atoms with Crippen LogP contribution in [0.15, 0.2) is 18.2 Å². The quantitative estimate of drug-likeness (QED) is 0.848. The van der Waals surface area contributed by atoms with E-state index in [0.29, 0.717) is 12.3 Å². The molecular weight excluding hydrogens is 283 g/mol. The van der Waals surface area contributed by atoms with Crippen molar-refractivity contribution in [2.75, 3.05) is 13.2 Å². The van der Waals surface area contributed by atoms with Crippen LogP contribution in [0.5, 0.6) is 5.75 Å². The molecule has 0 saturated carbocycles. The summed E-state index contributed by atoms with van der Waals surface area (Å²) in [7, 11) is 0. The van der Waals surface area contributed by atoms with Crippen molar-refractivity contribution in [2.24, 2.45) is 11.7 Å². The van der Waals surface area contributed by atoms with Crippen LogP contribution in [0.25, 0.3) is 0 Å². The fraction of sp³-hybridized carbons (Fsp3) is 0.500. The molecule has 0 bridgehead atoms. The first kappa shape index (κ1) is 16.7. The summed E-state index contributed by atoms with van der Waals surface area (Å²) in [6.07, 6.45) is 0. The van der Waals surface area contributed by atoms with Gasteiger partial charge in [-0.2, -0.15) is 0 Å². The number of nitrogens with two attached hydrogens (primary N) is 1. The third kappa shape index (κ3) is 4.35. The maximum Gasteiger partial charge on any atom is 0.258 e. The zero-order valence-corrected chi connectivity index (χ0v) is 12.6. The minimum Gasteiger partial charge on any atom is -0.484 e. The molecule has 1 atom stereocenters. The molecule has 1 rings (SSSR count). The highest BCUT2D eigenvalue weighted by molar-refractivity contribution is 6.30. The summed E-state index contributed by atoms with van der Waals surface area (Å²) in [5.74, 6) is -0.284. The molecule has 0 aliphatic rings. The first-order chi connectivity index (χ1) is 9.28. The van der Waals surface area contributed by atoms with Gasteiger partial charge in [0, 0.05) is 12.6 Å². The second kappa shape index (κ2) is 6.90. The Morgan fingerprint density at radius 2 is 2.20 bits per heavy atom. The highest BCUT2D eigenvalue weighted by Crippen LogP contribution is 2.21. The molecule has 0 aliphatic heterocycles. The topological polar surface area (TPSA) is 64.3 Å². The molecular formula is C14H20ClFN2O2. The van der Waals surface area contributed by atoms with E-state index in [4.69, 9.17) is 22.1 Å². The SMILES string of the molecule is CC(C)C(C)(CN)NC(=O)COc1ccc(F)c(Cl)c1. The summed E-state index contributed by atoms with van der Waals surface area (Å²) in [5.41, 5.74) is 5.20. The number of carbonyl (C=O) groups is 1. The minimum absolute atomic E-state index is 0.0446. The molecule has 0 radical (unpaired) electrons. The van der Waals surface area contributed by atoms with Crippen LogP contribution in [-0.4, -0.2) is 24.6 Å². The van der Waals surface area contributed by atoms with Crippen LogP contribution >= 0.6 is 11.6 Å². The number of benzene rings is 1. The van der Waals surface area contributed by atoms with Crippen molar-refractivity contribution in [1.29, 1.82) is 0 Å². The van der Waals surface area contributed by atoms with Gasteiger partial charge in [-0.1, -0.05) is 25.4 Å². The molecule has 0 aliphatic carbocycles. The lowest BCUT2D eigenvalue weighted by Gasteiger charge is -2.33. The minimum atomic E-state index is -0.529. The number of ether oxygens (including phenoxy) is 1. The number of amides is 1. The Hall–Kier alpha value is -1.33. The predicted molar refractivity (Wildman–Crippen MR) is 77.3 cm³/mol. The normalized spacial score (nSPS) is 13.9. The highest BCUT2D eigenvalue weighted by atomic mass is 35.5. The molecule has 6 heteroatoms. The van der Waals surface area contributed by atoms with Gasteiger partial charge >= 0.3 is 0 Å². The second-order valence-electron chi connectivity index (χ2n) is 5.19. The molecule has 0 spiro atoms. The van der Waals surface area contributed by atoms with Gasteiger partial charge in [0.1, 0.15) is 11.6 Å². The maximum atomic E-state index is 13.0. The Bertz CT molecular complexity index is 482. The second-order valence-corrected chi connectivity index (χ2v) is 5.60. The monoisotopic (exact) mass is 302 g/mol. The van der Waals surface area contributed by atoms with Crippen molar-refractivity contribution in [2.45, 2.75) is 26.3 Å². The van der Waals surface area contributed by atoms with Gasteiger partial charge in [0.25, 0.3) is 5.91 Å². The molecule has 0 saturated heterocycles. The third-order valence-electron chi connectivity index (χ3n) is 3.38. The maximum absolute atomic E-state index is 13.0. The molecule has 0 aromatic heterocycles. The van der Waals surface area contributed by atoms with Crippen molar-refractivity contribution in [3.8, 4) is 5.75 Å². The Morgan fingerprint density at radius 1 is 1.55 bits per heavy atom. The van der Waals surface area contributed by atoms with E-state index in [9.17, 15) is 9.18 Å². The standard InChI is InChI=1S/C14H20ClFN2O2/c1-9(2)14(3,8-17)18-13(19)7-20-10-4-5-12(16)11(15)6-10/h4-6,9H,7-8,17H2,1-3H3,(H,18,19). The van der Waals surface area contributed by atoms with Gasteiger partial charge in [-0.3, -0.25) is 4.79 Å². The molecule has 1 aromatic rings. The lowest BCUT2D eigenvalue weighted by atomic mass is 9.88. The van der Waals surface area contributed by atoms with E-state index in [2.05, 4.69) is 5.32 Å². The number of rotatable bonds is 6. The van der Waals surface area contributed by atoms with Crippen LogP contribution in [0.3, 0.4) is 0 Å². The van der Waals surface area contributed by atoms with Gasteiger partial charge in [-0.25, -0.2) is 4.39 Å². The van der Waals surface area contributed by atoms with E-state index in [1.54, 1.807) is 0 Å². The first-order valence-corrected chi connectivity index (χ1v) is 6.75. The van der Waals surface area contributed by atoms with Gasteiger partial charge in [0.15, 0.2) is 6.61 Å².